The lowest BCUT2D eigenvalue weighted by atomic mass is 10.1. The first-order chi connectivity index (χ1) is 8.27. The lowest BCUT2D eigenvalue weighted by Crippen LogP contribution is -2.20. The molecule has 0 spiro atoms. The average molecular weight is 243 g/mol. The Balaban J connectivity index is 2.05. The molecule has 2 nitrogen and oxygen atoms in total. The van der Waals surface area contributed by atoms with Gasteiger partial charge in [0.25, 0.3) is 0 Å². The van der Waals surface area contributed by atoms with Crippen molar-refractivity contribution in [2.75, 3.05) is 6.54 Å². The first-order valence-corrected chi connectivity index (χ1v) is 6.35. The van der Waals surface area contributed by atoms with E-state index in [-0.39, 0.29) is 5.91 Å². The van der Waals surface area contributed by atoms with Crippen molar-refractivity contribution < 1.29 is 4.79 Å². The van der Waals surface area contributed by atoms with Crippen molar-refractivity contribution in [2.24, 2.45) is 0 Å². The second kappa shape index (κ2) is 5.51. The molecule has 0 aliphatic rings. The van der Waals surface area contributed by atoms with E-state index >= 15 is 0 Å². The standard InChI is InChI=1S/C14H13NOS/c1-11(16)15-9-3-2-5-12-6-4-7-14-13(12)8-10-17-14/h4,6-8,10H,3,9H2,1H3,(H,15,16). The number of thiophene rings is 1. The molecule has 3 heteroatoms. The Hall–Kier alpha value is -1.79. The van der Waals surface area contributed by atoms with Crippen LogP contribution in [0.2, 0.25) is 0 Å². The summed E-state index contributed by atoms with van der Waals surface area (Å²) in [6.45, 7) is 2.13. The van der Waals surface area contributed by atoms with Crippen LogP contribution in [0.15, 0.2) is 29.6 Å². The van der Waals surface area contributed by atoms with Crippen LogP contribution in [0, 0.1) is 11.8 Å². The summed E-state index contributed by atoms with van der Waals surface area (Å²) in [6, 6.07) is 8.25. The van der Waals surface area contributed by atoms with Gasteiger partial charge in [-0.25, -0.2) is 0 Å². The molecule has 1 N–H and O–H groups in total. The van der Waals surface area contributed by atoms with Crippen molar-refractivity contribution in [3.05, 3.63) is 35.2 Å². The lowest BCUT2D eigenvalue weighted by molar-refractivity contribution is -0.118. The van der Waals surface area contributed by atoms with E-state index < -0.39 is 0 Å². The number of amides is 1. The normalized spacial score (nSPS) is 9.71. The molecule has 0 fully saturated rings. The van der Waals surface area contributed by atoms with Gasteiger partial charge in [0.2, 0.25) is 5.91 Å². The number of benzene rings is 1. The summed E-state index contributed by atoms with van der Waals surface area (Å²) in [7, 11) is 0. The maximum Gasteiger partial charge on any atom is 0.216 e. The predicted octanol–water partition coefficient (Wildman–Crippen LogP) is 2.78. The maximum absolute atomic E-state index is 10.7. The fourth-order valence-electron chi connectivity index (χ4n) is 1.56. The van der Waals surface area contributed by atoms with E-state index in [0.717, 1.165) is 5.56 Å². The van der Waals surface area contributed by atoms with Crippen molar-refractivity contribution >= 4 is 27.3 Å². The minimum Gasteiger partial charge on any atom is -0.355 e. The molecule has 2 aromatic rings. The molecule has 86 valence electrons. The minimum absolute atomic E-state index is 0.00765. The van der Waals surface area contributed by atoms with E-state index in [1.807, 2.05) is 12.1 Å². The molecule has 1 amide bonds. The Kier molecular flexibility index (Phi) is 3.79. The van der Waals surface area contributed by atoms with E-state index in [2.05, 4.69) is 34.7 Å². The van der Waals surface area contributed by atoms with E-state index in [0.29, 0.717) is 13.0 Å². The van der Waals surface area contributed by atoms with Gasteiger partial charge in [-0.2, -0.15) is 0 Å². The third-order valence-electron chi connectivity index (χ3n) is 2.34. The van der Waals surface area contributed by atoms with Crippen molar-refractivity contribution in [3.63, 3.8) is 0 Å². The second-order valence-electron chi connectivity index (χ2n) is 3.67. The van der Waals surface area contributed by atoms with Crippen molar-refractivity contribution in [1.29, 1.82) is 0 Å². The van der Waals surface area contributed by atoms with Crippen molar-refractivity contribution in [3.8, 4) is 11.8 Å². The number of nitrogens with one attached hydrogen (secondary N) is 1. The van der Waals surface area contributed by atoms with Crippen LogP contribution in [0.4, 0.5) is 0 Å². The number of carbonyl (C=O) groups excluding carboxylic acids is 1. The highest BCUT2D eigenvalue weighted by Crippen LogP contribution is 2.23. The molecule has 2 rings (SSSR count). The molecule has 0 aliphatic heterocycles. The molecule has 1 aromatic carbocycles. The number of hydrogen-bond acceptors (Lipinski definition) is 2. The van der Waals surface area contributed by atoms with Crippen LogP contribution in [-0.2, 0) is 4.79 Å². The number of hydrogen-bond donors (Lipinski definition) is 1. The minimum atomic E-state index is -0.00765. The molecule has 1 heterocycles. The summed E-state index contributed by atoms with van der Waals surface area (Å²) in [4.78, 5) is 10.7. The molecule has 0 saturated carbocycles. The summed E-state index contributed by atoms with van der Waals surface area (Å²) in [6.07, 6.45) is 0.681. The van der Waals surface area contributed by atoms with Gasteiger partial charge in [-0.3, -0.25) is 4.79 Å². The van der Waals surface area contributed by atoms with Crippen LogP contribution in [0.25, 0.3) is 10.1 Å². The van der Waals surface area contributed by atoms with Gasteiger partial charge < -0.3 is 5.32 Å². The third kappa shape index (κ3) is 3.08. The molecule has 0 atom stereocenters. The maximum atomic E-state index is 10.7. The average Bonchev–Trinajstić information content (AvgIpc) is 2.77. The number of rotatable bonds is 2. The lowest BCUT2D eigenvalue weighted by Gasteiger charge is -1.95. The molecular formula is C14H13NOS. The molecular weight excluding hydrogens is 230 g/mol. The Morgan fingerprint density at radius 2 is 2.29 bits per heavy atom. The summed E-state index contributed by atoms with van der Waals surface area (Å²) in [5.74, 6) is 6.22. The van der Waals surface area contributed by atoms with Crippen molar-refractivity contribution in [2.45, 2.75) is 13.3 Å². The van der Waals surface area contributed by atoms with E-state index in [4.69, 9.17) is 0 Å². The summed E-state index contributed by atoms with van der Waals surface area (Å²) >= 11 is 1.72. The zero-order valence-corrected chi connectivity index (χ0v) is 10.4. The highest BCUT2D eigenvalue weighted by Gasteiger charge is 1.97. The highest BCUT2D eigenvalue weighted by atomic mass is 32.1. The first kappa shape index (κ1) is 11.7. The van der Waals surface area contributed by atoms with Crippen molar-refractivity contribution in [1.82, 2.24) is 5.32 Å². The molecule has 0 radical (unpaired) electrons. The summed E-state index contributed by atoms with van der Waals surface area (Å²) < 4.78 is 1.26. The van der Waals surface area contributed by atoms with Crippen LogP contribution < -0.4 is 5.32 Å². The van der Waals surface area contributed by atoms with E-state index in [9.17, 15) is 4.79 Å². The highest BCUT2D eigenvalue weighted by molar-refractivity contribution is 7.17. The van der Waals surface area contributed by atoms with Gasteiger partial charge in [-0.1, -0.05) is 17.9 Å². The van der Waals surface area contributed by atoms with Gasteiger partial charge >= 0.3 is 0 Å². The molecule has 0 aliphatic carbocycles. The van der Waals surface area contributed by atoms with Crippen LogP contribution in [0.5, 0.6) is 0 Å². The van der Waals surface area contributed by atoms with Gasteiger partial charge in [-0.05, 0) is 23.6 Å². The van der Waals surface area contributed by atoms with Crippen LogP contribution in [0.3, 0.4) is 0 Å². The monoisotopic (exact) mass is 243 g/mol. The zero-order chi connectivity index (χ0) is 12.1. The Labute approximate surface area is 105 Å². The van der Waals surface area contributed by atoms with Crippen LogP contribution in [0.1, 0.15) is 18.9 Å². The van der Waals surface area contributed by atoms with Gasteiger partial charge in [-0.15, -0.1) is 11.3 Å². The fraction of sp³-hybridized carbons (Fsp3) is 0.214. The molecule has 0 saturated heterocycles. The fourth-order valence-corrected chi connectivity index (χ4v) is 2.37. The number of carbonyl (C=O) groups is 1. The molecule has 17 heavy (non-hydrogen) atoms. The SMILES string of the molecule is CC(=O)NCCC#Cc1cccc2sccc12. The van der Waals surface area contributed by atoms with Crippen LogP contribution >= 0.6 is 11.3 Å². The molecule has 1 aromatic heterocycles. The second-order valence-corrected chi connectivity index (χ2v) is 4.62. The first-order valence-electron chi connectivity index (χ1n) is 5.47. The molecule has 0 bridgehead atoms. The quantitative estimate of drug-likeness (QED) is 0.638. The number of fused-ring (bicyclic) bond motifs is 1. The third-order valence-corrected chi connectivity index (χ3v) is 3.22. The molecule has 0 unspecified atom stereocenters. The Morgan fingerprint density at radius 3 is 3.12 bits per heavy atom. The van der Waals surface area contributed by atoms with Crippen LogP contribution in [-0.4, -0.2) is 12.5 Å². The summed E-state index contributed by atoms with van der Waals surface area (Å²) in [5.41, 5.74) is 1.06. The Bertz CT molecular complexity index is 589. The summed E-state index contributed by atoms with van der Waals surface area (Å²) in [5, 5.41) is 6.01. The van der Waals surface area contributed by atoms with Gasteiger partial charge in [0, 0.05) is 35.5 Å². The largest absolute Gasteiger partial charge is 0.355 e. The van der Waals surface area contributed by atoms with Gasteiger partial charge in [0.15, 0.2) is 0 Å². The topological polar surface area (TPSA) is 29.1 Å². The predicted molar refractivity (Wildman–Crippen MR) is 72.0 cm³/mol. The zero-order valence-electron chi connectivity index (χ0n) is 9.62. The van der Waals surface area contributed by atoms with E-state index in [1.165, 1.54) is 17.0 Å². The van der Waals surface area contributed by atoms with Gasteiger partial charge in [0.05, 0.1) is 0 Å². The Morgan fingerprint density at radius 1 is 1.41 bits per heavy atom. The smallest absolute Gasteiger partial charge is 0.216 e. The van der Waals surface area contributed by atoms with Gasteiger partial charge in [0.1, 0.15) is 0 Å². The van der Waals surface area contributed by atoms with E-state index in [1.54, 1.807) is 11.3 Å².